The van der Waals surface area contributed by atoms with E-state index in [-0.39, 0.29) is 30.5 Å². The number of halogens is 4. The van der Waals surface area contributed by atoms with E-state index in [4.69, 9.17) is 9.47 Å². The number of hydrogen-bond donors (Lipinski definition) is 2. The van der Waals surface area contributed by atoms with E-state index in [1.807, 2.05) is 12.1 Å². The van der Waals surface area contributed by atoms with Crippen LogP contribution in [0, 0.1) is 0 Å². The fourth-order valence-corrected chi connectivity index (χ4v) is 2.60. The molecular formula is C19H21F3IN3O2. The van der Waals surface area contributed by atoms with Crippen LogP contribution in [0.3, 0.4) is 0 Å². The summed E-state index contributed by atoms with van der Waals surface area (Å²) in [5.74, 6) is 1.76. The summed E-state index contributed by atoms with van der Waals surface area (Å²) in [6, 6.07) is 10.6. The third kappa shape index (κ3) is 5.91. The number of nitrogens with one attached hydrogen (secondary N) is 2. The largest absolute Gasteiger partial charge is 0.490 e. The van der Waals surface area contributed by atoms with Crippen LogP contribution in [0.2, 0.25) is 0 Å². The van der Waals surface area contributed by atoms with Gasteiger partial charge >= 0.3 is 6.18 Å². The zero-order chi connectivity index (χ0) is 19.3. The maximum atomic E-state index is 12.8. The molecule has 0 fully saturated rings. The molecule has 0 aliphatic carbocycles. The van der Waals surface area contributed by atoms with Gasteiger partial charge in [0.25, 0.3) is 0 Å². The minimum atomic E-state index is -4.36. The van der Waals surface area contributed by atoms with Gasteiger partial charge in [0.15, 0.2) is 17.5 Å². The van der Waals surface area contributed by atoms with Crippen LogP contribution in [0.25, 0.3) is 0 Å². The molecule has 1 aliphatic rings. The highest BCUT2D eigenvalue weighted by molar-refractivity contribution is 14.0. The fourth-order valence-electron chi connectivity index (χ4n) is 2.60. The number of alkyl halides is 3. The van der Waals surface area contributed by atoms with Crippen LogP contribution < -0.4 is 20.1 Å². The molecule has 0 saturated carbocycles. The molecule has 152 valence electrons. The fraction of sp³-hybridized carbons (Fsp3) is 0.316. The number of anilines is 1. The summed E-state index contributed by atoms with van der Waals surface area (Å²) in [6.07, 6.45) is -3.54. The van der Waals surface area contributed by atoms with Gasteiger partial charge in [-0.15, -0.1) is 24.0 Å². The summed E-state index contributed by atoms with van der Waals surface area (Å²) in [5, 5.41) is 6.10. The Morgan fingerprint density at radius 2 is 1.82 bits per heavy atom. The van der Waals surface area contributed by atoms with E-state index in [9.17, 15) is 13.2 Å². The molecule has 28 heavy (non-hydrogen) atoms. The lowest BCUT2D eigenvalue weighted by atomic mass is 10.1. The van der Waals surface area contributed by atoms with Crippen LogP contribution in [0.15, 0.2) is 47.5 Å². The topological polar surface area (TPSA) is 54.9 Å². The SMILES string of the molecule is CN=C(NCc1cccc(C(F)(F)F)c1)Nc1ccc2c(c1)OCCCO2.I. The lowest BCUT2D eigenvalue weighted by Crippen LogP contribution is -2.30. The summed E-state index contributed by atoms with van der Waals surface area (Å²) < 4.78 is 49.7. The van der Waals surface area contributed by atoms with Crippen molar-refractivity contribution >= 4 is 35.6 Å². The predicted molar refractivity (Wildman–Crippen MR) is 113 cm³/mol. The number of guanidine groups is 1. The Balaban J connectivity index is 0.00000280. The average molecular weight is 507 g/mol. The molecule has 1 heterocycles. The summed E-state index contributed by atoms with van der Waals surface area (Å²) >= 11 is 0. The van der Waals surface area contributed by atoms with E-state index in [0.29, 0.717) is 36.2 Å². The highest BCUT2D eigenvalue weighted by atomic mass is 127. The molecule has 0 amide bonds. The number of benzene rings is 2. The van der Waals surface area contributed by atoms with Gasteiger partial charge in [-0.25, -0.2) is 0 Å². The second-order valence-corrected chi connectivity index (χ2v) is 5.96. The summed E-state index contributed by atoms with van der Waals surface area (Å²) in [4.78, 5) is 4.10. The third-order valence-corrected chi connectivity index (χ3v) is 3.95. The standard InChI is InChI=1S/C19H20F3N3O2.HI/c1-23-18(24-12-13-4-2-5-14(10-13)19(20,21)22)25-15-6-7-16-17(11-15)27-9-3-8-26-16;/h2,4-7,10-11H,3,8-9,12H2,1H3,(H2,23,24,25);1H. The van der Waals surface area contributed by atoms with Crippen LogP contribution >= 0.6 is 24.0 Å². The molecule has 0 bridgehead atoms. The van der Waals surface area contributed by atoms with Gasteiger partial charge < -0.3 is 20.1 Å². The van der Waals surface area contributed by atoms with Crippen molar-refractivity contribution in [2.75, 3.05) is 25.6 Å². The lowest BCUT2D eigenvalue weighted by Gasteiger charge is -2.14. The quantitative estimate of drug-likeness (QED) is 0.360. The zero-order valence-corrected chi connectivity index (χ0v) is 17.5. The number of rotatable bonds is 3. The molecule has 0 saturated heterocycles. The summed E-state index contributed by atoms with van der Waals surface area (Å²) in [7, 11) is 1.59. The van der Waals surface area contributed by atoms with Crippen LogP contribution in [0.1, 0.15) is 17.5 Å². The van der Waals surface area contributed by atoms with Crippen molar-refractivity contribution < 1.29 is 22.6 Å². The van der Waals surface area contributed by atoms with Crippen LogP contribution in [-0.2, 0) is 12.7 Å². The molecule has 2 aromatic carbocycles. The minimum Gasteiger partial charge on any atom is -0.490 e. The van der Waals surface area contributed by atoms with Crippen LogP contribution in [-0.4, -0.2) is 26.2 Å². The smallest absolute Gasteiger partial charge is 0.416 e. The highest BCUT2D eigenvalue weighted by Gasteiger charge is 2.30. The number of nitrogens with zero attached hydrogens (tertiary/aromatic N) is 1. The Hall–Kier alpha value is -2.17. The zero-order valence-electron chi connectivity index (χ0n) is 15.2. The highest BCUT2D eigenvalue weighted by Crippen LogP contribution is 2.32. The molecule has 3 rings (SSSR count). The molecule has 1 aliphatic heterocycles. The van der Waals surface area contributed by atoms with Crippen LogP contribution in [0.5, 0.6) is 11.5 Å². The van der Waals surface area contributed by atoms with E-state index in [2.05, 4.69) is 15.6 Å². The number of aliphatic imine (C=N–C) groups is 1. The van der Waals surface area contributed by atoms with Crippen molar-refractivity contribution in [1.29, 1.82) is 0 Å². The first-order valence-electron chi connectivity index (χ1n) is 8.49. The van der Waals surface area contributed by atoms with E-state index in [1.165, 1.54) is 6.07 Å². The maximum absolute atomic E-state index is 12.8. The van der Waals surface area contributed by atoms with Gasteiger partial charge in [0.2, 0.25) is 0 Å². The van der Waals surface area contributed by atoms with Gasteiger partial charge in [0.05, 0.1) is 18.8 Å². The molecular weight excluding hydrogens is 486 g/mol. The van der Waals surface area contributed by atoms with Gasteiger partial charge in [0.1, 0.15) is 0 Å². The average Bonchev–Trinajstić information content (AvgIpc) is 2.89. The monoisotopic (exact) mass is 507 g/mol. The Labute approximate surface area is 178 Å². The van der Waals surface area contributed by atoms with Gasteiger partial charge in [-0.1, -0.05) is 12.1 Å². The Bertz CT molecular complexity index is 828. The molecule has 2 aromatic rings. The summed E-state index contributed by atoms with van der Waals surface area (Å²) in [6.45, 7) is 1.40. The molecule has 0 spiro atoms. The third-order valence-electron chi connectivity index (χ3n) is 3.95. The number of ether oxygens (including phenoxy) is 2. The maximum Gasteiger partial charge on any atom is 0.416 e. The first-order valence-corrected chi connectivity index (χ1v) is 8.49. The molecule has 0 atom stereocenters. The van der Waals surface area contributed by atoms with Crippen molar-refractivity contribution in [1.82, 2.24) is 5.32 Å². The van der Waals surface area contributed by atoms with Crippen LogP contribution in [0.4, 0.5) is 18.9 Å². The Kier molecular flexibility index (Phi) is 7.78. The molecule has 2 N–H and O–H groups in total. The predicted octanol–water partition coefficient (Wildman–Crippen LogP) is 4.67. The normalized spacial score (nSPS) is 13.9. The van der Waals surface area contributed by atoms with Gasteiger partial charge in [-0.2, -0.15) is 13.2 Å². The Morgan fingerprint density at radius 3 is 2.54 bits per heavy atom. The molecule has 0 unspecified atom stereocenters. The number of hydrogen-bond acceptors (Lipinski definition) is 3. The van der Waals surface area contributed by atoms with E-state index in [0.717, 1.165) is 24.2 Å². The minimum absolute atomic E-state index is 0. The van der Waals surface area contributed by atoms with Gasteiger partial charge in [0, 0.05) is 31.8 Å². The van der Waals surface area contributed by atoms with E-state index < -0.39 is 11.7 Å². The first kappa shape index (κ1) is 22.1. The molecule has 0 aromatic heterocycles. The first-order chi connectivity index (χ1) is 13.0. The second kappa shape index (κ2) is 9.85. The molecule has 0 radical (unpaired) electrons. The van der Waals surface area contributed by atoms with E-state index >= 15 is 0 Å². The van der Waals surface area contributed by atoms with Crippen molar-refractivity contribution in [2.24, 2.45) is 4.99 Å². The molecule has 5 nitrogen and oxygen atoms in total. The second-order valence-electron chi connectivity index (χ2n) is 5.96. The van der Waals surface area contributed by atoms with Crippen molar-refractivity contribution in [3.63, 3.8) is 0 Å². The van der Waals surface area contributed by atoms with Gasteiger partial charge in [-0.3, -0.25) is 4.99 Å². The number of fused-ring (bicyclic) bond motifs is 1. The lowest BCUT2D eigenvalue weighted by molar-refractivity contribution is -0.137. The van der Waals surface area contributed by atoms with Gasteiger partial charge in [-0.05, 0) is 29.8 Å². The van der Waals surface area contributed by atoms with Crippen molar-refractivity contribution in [2.45, 2.75) is 19.1 Å². The Morgan fingerprint density at radius 1 is 1.07 bits per heavy atom. The molecule has 9 heteroatoms. The van der Waals surface area contributed by atoms with E-state index in [1.54, 1.807) is 19.2 Å². The van der Waals surface area contributed by atoms with Crippen molar-refractivity contribution in [3.8, 4) is 11.5 Å². The van der Waals surface area contributed by atoms with Crippen molar-refractivity contribution in [3.05, 3.63) is 53.6 Å². The summed E-state index contributed by atoms with van der Waals surface area (Å²) in [5.41, 5.74) is 0.565.